The van der Waals surface area contributed by atoms with Crippen LogP contribution in [-0.4, -0.2) is 28.1 Å². The van der Waals surface area contributed by atoms with Crippen molar-refractivity contribution in [3.8, 4) is 11.1 Å². The maximum Gasteiger partial charge on any atom is 0.251 e. The van der Waals surface area contributed by atoms with Gasteiger partial charge in [0.2, 0.25) is 5.91 Å². The Morgan fingerprint density at radius 2 is 1.65 bits per heavy atom. The van der Waals surface area contributed by atoms with Gasteiger partial charge in [0.25, 0.3) is 5.91 Å². The summed E-state index contributed by atoms with van der Waals surface area (Å²) in [6.45, 7) is 3.34. The molecule has 0 radical (unpaired) electrons. The Balaban J connectivity index is 1.30. The summed E-state index contributed by atoms with van der Waals surface area (Å²) >= 11 is 0. The maximum absolute atomic E-state index is 12.4. The monoisotopic (exact) mass is 452 g/mol. The van der Waals surface area contributed by atoms with E-state index in [1.807, 2.05) is 60.3 Å². The summed E-state index contributed by atoms with van der Waals surface area (Å²) in [6, 6.07) is 25.8. The Labute approximate surface area is 199 Å². The van der Waals surface area contributed by atoms with Crippen LogP contribution in [0.25, 0.3) is 11.1 Å². The van der Waals surface area contributed by atoms with Crippen LogP contribution in [0.5, 0.6) is 0 Å². The van der Waals surface area contributed by atoms with Crippen molar-refractivity contribution in [1.82, 2.24) is 20.4 Å². The number of carbonyl (C=O) groups excluding carboxylic acids is 2. The zero-order chi connectivity index (χ0) is 23.8. The second-order valence-electron chi connectivity index (χ2n) is 8.16. The minimum atomic E-state index is -0.160. The number of amides is 2. The molecule has 0 saturated carbocycles. The lowest BCUT2D eigenvalue weighted by Gasteiger charge is -2.12. The Hall–Kier alpha value is -4.19. The summed E-state index contributed by atoms with van der Waals surface area (Å²) in [7, 11) is 0. The first-order valence-electron chi connectivity index (χ1n) is 11.4. The summed E-state index contributed by atoms with van der Waals surface area (Å²) in [5, 5.41) is 10.0. The minimum absolute atomic E-state index is 0.102. The van der Waals surface area contributed by atoms with Crippen LogP contribution >= 0.6 is 0 Å². The van der Waals surface area contributed by atoms with Gasteiger partial charge in [-0.15, -0.1) is 0 Å². The highest BCUT2D eigenvalue weighted by molar-refractivity contribution is 5.95. The van der Waals surface area contributed by atoms with Crippen LogP contribution in [0.3, 0.4) is 0 Å². The molecule has 0 aliphatic carbocycles. The van der Waals surface area contributed by atoms with Crippen molar-refractivity contribution in [1.29, 1.82) is 0 Å². The van der Waals surface area contributed by atoms with E-state index in [2.05, 4.69) is 46.1 Å². The van der Waals surface area contributed by atoms with E-state index < -0.39 is 0 Å². The predicted octanol–water partition coefficient (Wildman–Crippen LogP) is 4.34. The van der Waals surface area contributed by atoms with Crippen molar-refractivity contribution in [3.05, 3.63) is 114 Å². The van der Waals surface area contributed by atoms with Crippen molar-refractivity contribution in [2.45, 2.75) is 26.4 Å². The van der Waals surface area contributed by atoms with E-state index in [0.29, 0.717) is 18.7 Å². The van der Waals surface area contributed by atoms with Crippen molar-refractivity contribution in [3.63, 3.8) is 0 Å². The highest BCUT2D eigenvalue weighted by Crippen LogP contribution is 2.24. The molecular weight excluding hydrogens is 424 g/mol. The molecule has 0 aliphatic heterocycles. The van der Waals surface area contributed by atoms with E-state index in [9.17, 15) is 9.59 Å². The van der Waals surface area contributed by atoms with Crippen LogP contribution in [0.1, 0.15) is 33.5 Å². The lowest BCUT2D eigenvalue weighted by molar-refractivity contribution is -0.121. The zero-order valence-electron chi connectivity index (χ0n) is 19.2. The smallest absolute Gasteiger partial charge is 0.251 e. The van der Waals surface area contributed by atoms with Gasteiger partial charge < -0.3 is 10.6 Å². The third kappa shape index (κ3) is 5.98. The lowest BCUT2D eigenvalue weighted by atomic mass is 9.98. The summed E-state index contributed by atoms with van der Waals surface area (Å²) < 4.78 is 1.89. The highest BCUT2D eigenvalue weighted by Gasteiger charge is 2.10. The molecule has 0 atom stereocenters. The normalized spacial score (nSPS) is 10.6. The van der Waals surface area contributed by atoms with Crippen LogP contribution < -0.4 is 10.6 Å². The Kier molecular flexibility index (Phi) is 7.50. The number of nitrogens with one attached hydrogen (secondary N) is 2. The Morgan fingerprint density at radius 3 is 2.41 bits per heavy atom. The molecule has 6 nitrogen and oxygen atoms in total. The van der Waals surface area contributed by atoms with E-state index in [1.54, 1.807) is 12.3 Å². The summed E-state index contributed by atoms with van der Waals surface area (Å²) in [5.41, 5.74) is 5.94. The van der Waals surface area contributed by atoms with Gasteiger partial charge >= 0.3 is 0 Å². The number of aryl methyl sites for hydroxylation is 1. The number of benzene rings is 3. The quantitative estimate of drug-likeness (QED) is 0.397. The first kappa shape index (κ1) is 23.0. The maximum atomic E-state index is 12.4. The number of carbonyl (C=O) groups is 2. The summed E-state index contributed by atoms with van der Waals surface area (Å²) in [5.74, 6) is -0.262. The van der Waals surface area contributed by atoms with Crippen molar-refractivity contribution in [2.75, 3.05) is 6.54 Å². The number of rotatable bonds is 9. The molecule has 4 rings (SSSR count). The lowest BCUT2D eigenvalue weighted by Crippen LogP contribution is -2.30. The molecule has 0 bridgehead atoms. The van der Waals surface area contributed by atoms with Gasteiger partial charge in [-0.3, -0.25) is 14.3 Å². The van der Waals surface area contributed by atoms with Crippen LogP contribution in [-0.2, 0) is 17.9 Å². The van der Waals surface area contributed by atoms with Gasteiger partial charge in [0.15, 0.2) is 0 Å². The molecule has 3 aromatic carbocycles. The first-order chi connectivity index (χ1) is 16.6. The molecule has 172 valence electrons. The van der Waals surface area contributed by atoms with Gasteiger partial charge in [-0.1, -0.05) is 66.7 Å². The molecule has 2 N–H and O–H groups in total. The van der Waals surface area contributed by atoms with Crippen molar-refractivity contribution >= 4 is 11.8 Å². The average molecular weight is 453 g/mol. The van der Waals surface area contributed by atoms with Gasteiger partial charge in [0, 0.05) is 37.5 Å². The third-order valence-electron chi connectivity index (χ3n) is 5.69. The summed E-state index contributed by atoms with van der Waals surface area (Å²) in [4.78, 5) is 24.7. The molecule has 0 fully saturated rings. The second kappa shape index (κ2) is 11.1. The van der Waals surface area contributed by atoms with Gasteiger partial charge in [-0.25, -0.2) is 0 Å². The number of nitrogens with zero attached hydrogens (tertiary/aromatic N) is 2. The highest BCUT2D eigenvalue weighted by atomic mass is 16.2. The average Bonchev–Trinajstić information content (AvgIpc) is 3.37. The number of hydrogen-bond donors (Lipinski definition) is 2. The largest absolute Gasteiger partial charge is 0.352 e. The fraction of sp³-hybridized carbons (Fsp3) is 0.179. The first-order valence-corrected chi connectivity index (χ1v) is 11.4. The van der Waals surface area contributed by atoms with Crippen LogP contribution in [0, 0.1) is 6.92 Å². The minimum Gasteiger partial charge on any atom is -0.352 e. The van der Waals surface area contributed by atoms with E-state index in [0.717, 1.165) is 28.8 Å². The van der Waals surface area contributed by atoms with Gasteiger partial charge in [-0.05, 0) is 46.9 Å². The fourth-order valence-corrected chi connectivity index (χ4v) is 3.82. The summed E-state index contributed by atoms with van der Waals surface area (Å²) in [6.07, 6.45) is 3.94. The molecule has 4 aromatic rings. The van der Waals surface area contributed by atoms with E-state index in [1.165, 1.54) is 5.56 Å². The molecule has 6 heteroatoms. The van der Waals surface area contributed by atoms with E-state index >= 15 is 0 Å². The number of aromatic nitrogens is 2. The SMILES string of the molecule is Cc1ccccc1C(=O)NCCC(=O)NCc1ccccc1-c1ccc(Cn2cccn2)cc1. The fourth-order valence-electron chi connectivity index (χ4n) is 3.82. The topological polar surface area (TPSA) is 76.0 Å². The van der Waals surface area contributed by atoms with Gasteiger partial charge in [-0.2, -0.15) is 5.10 Å². The molecule has 2 amide bonds. The molecule has 0 saturated heterocycles. The standard InChI is InChI=1S/C28H28N4O2/c1-21-7-2-4-9-25(21)28(34)29-17-15-27(33)30-19-24-8-3-5-10-26(24)23-13-11-22(12-14-23)20-32-18-6-16-31-32/h2-14,16,18H,15,17,19-20H2,1H3,(H,29,34)(H,30,33). The molecule has 1 aromatic heterocycles. The molecule has 1 heterocycles. The van der Waals surface area contributed by atoms with Gasteiger partial charge in [0.1, 0.15) is 0 Å². The van der Waals surface area contributed by atoms with Crippen LogP contribution in [0.2, 0.25) is 0 Å². The Bertz CT molecular complexity index is 1250. The van der Waals surface area contributed by atoms with Crippen LogP contribution in [0.4, 0.5) is 0 Å². The van der Waals surface area contributed by atoms with Crippen molar-refractivity contribution in [2.24, 2.45) is 0 Å². The number of hydrogen-bond acceptors (Lipinski definition) is 3. The van der Waals surface area contributed by atoms with E-state index in [4.69, 9.17) is 0 Å². The van der Waals surface area contributed by atoms with Crippen LogP contribution in [0.15, 0.2) is 91.3 Å². The zero-order valence-corrected chi connectivity index (χ0v) is 19.2. The van der Waals surface area contributed by atoms with E-state index in [-0.39, 0.29) is 18.2 Å². The molecular formula is C28H28N4O2. The van der Waals surface area contributed by atoms with Crippen molar-refractivity contribution < 1.29 is 9.59 Å². The second-order valence-corrected chi connectivity index (χ2v) is 8.16. The predicted molar refractivity (Wildman–Crippen MR) is 133 cm³/mol. The molecule has 34 heavy (non-hydrogen) atoms. The molecule has 0 aliphatic rings. The molecule has 0 spiro atoms. The Morgan fingerprint density at radius 1 is 0.882 bits per heavy atom. The molecule has 0 unspecified atom stereocenters. The third-order valence-corrected chi connectivity index (χ3v) is 5.69. The van der Waals surface area contributed by atoms with Gasteiger partial charge in [0.05, 0.1) is 6.54 Å².